The molecule has 0 unspecified atom stereocenters. The molecule has 3 atom stereocenters. The van der Waals surface area contributed by atoms with Crippen LogP contribution in [0.1, 0.15) is 57.6 Å². The van der Waals surface area contributed by atoms with Crippen molar-refractivity contribution in [3.8, 4) is 0 Å². The highest BCUT2D eigenvalue weighted by Gasteiger charge is 2.68. The Morgan fingerprint density at radius 2 is 1.39 bits per heavy atom. The molecule has 2 aromatic rings. The van der Waals surface area contributed by atoms with Crippen molar-refractivity contribution in [1.29, 1.82) is 0 Å². The van der Waals surface area contributed by atoms with Crippen molar-refractivity contribution >= 4 is 17.8 Å². The number of esters is 1. The second kappa shape index (κ2) is 9.56. The van der Waals surface area contributed by atoms with Crippen molar-refractivity contribution < 1.29 is 27.9 Å². The average molecular weight is 525 g/mol. The largest absolute Gasteiger partial charge is 0.468 e. The normalized spacial score (nSPS) is 28.9. The SMILES string of the molecule is COC(=O)[C@@H]1NC(c2ccc(F)cc2)(c2ccc(F)cc2)[C@H]2C(=O)N(C3CCC(C(C)(C)C)CC3)C(=O)[C@@H]12. The maximum atomic E-state index is 14.3. The summed E-state index contributed by atoms with van der Waals surface area (Å²) in [6.45, 7) is 6.63. The first kappa shape index (κ1) is 26.5. The lowest BCUT2D eigenvalue weighted by molar-refractivity contribution is -0.150. The average Bonchev–Trinajstić information content (AvgIpc) is 3.38. The molecule has 2 heterocycles. The van der Waals surface area contributed by atoms with Crippen molar-refractivity contribution in [3.63, 3.8) is 0 Å². The van der Waals surface area contributed by atoms with Crippen molar-refractivity contribution in [2.45, 2.75) is 64.1 Å². The number of imide groups is 1. The Morgan fingerprint density at radius 3 is 1.84 bits per heavy atom. The summed E-state index contributed by atoms with van der Waals surface area (Å²) in [5, 5.41) is 3.25. The summed E-state index contributed by atoms with van der Waals surface area (Å²) in [5.74, 6) is -3.86. The fourth-order valence-corrected chi connectivity index (χ4v) is 6.94. The third-order valence-electron chi connectivity index (χ3n) is 8.93. The molecule has 2 amide bonds. The Morgan fingerprint density at radius 1 is 0.895 bits per heavy atom. The molecule has 2 aliphatic heterocycles. The lowest BCUT2D eigenvalue weighted by atomic mass is 9.71. The van der Waals surface area contributed by atoms with Gasteiger partial charge in [0, 0.05) is 6.04 Å². The fraction of sp³-hybridized carbons (Fsp3) is 0.500. The van der Waals surface area contributed by atoms with Gasteiger partial charge in [-0.3, -0.25) is 24.6 Å². The van der Waals surface area contributed by atoms with Crippen LogP contribution < -0.4 is 5.32 Å². The van der Waals surface area contributed by atoms with Crippen LogP contribution in [-0.2, 0) is 24.7 Å². The number of nitrogens with zero attached hydrogens (tertiary/aromatic N) is 1. The van der Waals surface area contributed by atoms with E-state index >= 15 is 0 Å². The number of fused-ring (bicyclic) bond motifs is 1. The minimum Gasteiger partial charge on any atom is -0.468 e. The van der Waals surface area contributed by atoms with Gasteiger partial charge in [0.1, 0.15) is 17.7 Å². The van der Waals surface area contributed by atoms with Gasteiger partial charge in [0.15, 0.2) is 0 Å². The first-order valence-corrected chi connectivity index (χ1v) is 13.2. The molecule has 0 radical (unpaired) electrons. The van der Waals surface area contributed by atoms with Crippen LogP contribution in [0, 0.1) is 34.8 Å². The zero-order chi connectivity index (χ0) is 27.4. The van der Waals surface area contributed by atoms with Crippen LogP contribution in [0.25, 0.3) is 0 Å². The topological polar surface area (TPSA) is 75.7 Å². The van der Waals surface area contributed by atoms with Gasteiger partial charge in [0.25, 0.3) is 0 Å². The Hall–Kier alpha value is -3.13. The van der Waals surface area contributed by atoms with Crippen molar-refractivity contribution in [3.05, 3.63) is 71.3 Å². The van der Waals surface area contributed by atoms with Crippen molar-refractivity contribution in [1.82, 2.24) is 10.2 Å². The second-order valence-electron chi connectivity index (χ2n) is 11.9. The zero-order valence-electron chi connectivity index (χ0n) is 22.2. The molecule has 38 heavy (non-hydrogen) atoms. The Bertz CT molecular complexity index is 1180. The molecule has 0 aromatic heterocycles. The van der Waals surface area contributed by atoms with E-state index in [1.54, 1.807) is 0 Å². The number of hydrogen-bond donors (Lipinski definition) is 1. The van der Waals surface area contributed by atoms with Gasteiger partial charge in [-0.05, 0) is 72.4 Å². The number of benzene rings is 2. The summed E-state index contributed by atoms with van der Waals surface area (Å²) in [6.07, 6.45) is 3.21. The first-order chi connectivity index (χ1) is 18.0. The molecule has 1 saturated carbocycles. The molecule has 5 rings (SSSR count). The van der Waals surface area contributed by atoms with Crippen LogP contribution in [0.15, 0.2) is 48.5 Å². The highest BCUT2D eigenvalue weighted by atomic mass is 19.1. The highest BCUT2D eigenvalue weighted by molar-refractivity contribution is 6.09. The van der Waals surface area contributed by atoms with E-state index in [9.17, 15) is 23.2 Å². The standard InChI is InChI=1S/C30H34F2N2O4/c1-29(2,3)17-9-15-22(16-10-17)34-26(35)23-24(27(34)36)30(33-25(23)28(37)38-4,18-5-11-20(31)12-6-18)19-7-13-21(32)14-8-19/h5-8,11-14,17,22-25,33H,9-10,15-16H2,1-4H3/t17?,22?,23-,24-,25-/m1/s1. The number of carbonyl (C=O) groups is 3. The summed E-state index contributed by atoms with van der Waals surface area (Å²) in [7, 11) is 1.24. The monoisotopic (exact) mass is 524 g/mol. The lowest BCUT2D eigenvalue weighted by Gasteiger charge is -2.41. The fourth-order valence-electron chi connectivity index (χ4n) is 6.94. The van der Waals surface area contributed by atoms with E-state index in [1.165, 1.54) is 60.5 Å². The highest BCUT2D eigenvalue weighted by Crippen LogP contribution is 2.53. The minimum atomic E-state index is -1.37. The number of likely N-dealkylation sites (tertiary alicyclic amines) is 1. The van der Waals surface area contributed by atoms with Crippen LogP contribution in [-0.4, -0.2) is 41.9 Å². The van der Waals surface area contributed by atoms with E-state index < -0.39 is 46.9 Å². The maximum Gasteiger partial charge on any atom is 0.323 e. The Kier molecular flexibility index (Phi) is 6.66. The number of carbonyl (C=O) groups excluding carboxylic acids is 3. The summed E-state index contributed by atoms with van der Waals surface area (Å²) < 4.78 is 33.0. The van der Waals surface area contributed by atoms with Gasteiger partial charge >= 0.3 is 5.97 Å². The summed E-state index contributed by atoms with van der Waals surface area (Å²) in [4.78, 5) is 42.7. The van der Waals surface area contributed by atoms with Crippen LogP contribution in [0.2, 0.25) is 0 Å². The van der Waals surface area contributed by atoms with Gasteiger partial charge < -0.3 is 4.74 Å². The molecule has 2 aromatic carbocycles. The lowest BCUT2D eigenvalue weighted by Crippen LogP contribution is -2.53. The minimum absolute atomic E-state index is 0.140. The number of halogens is 2. The number of amides is 2. The smallest absolute Gasteiger partial charge is 0.323 e. The van der Waals surface area contributed by atoms with Gasteiger partial charge in [-0.15, -0.1) is 0 Å². The van der Waals surface area contributed by atoms with Crippen LogP contribution >= 0.6 is 0 Å². The number of ether oxygens (including phenoxy) is 1. The molecule has 6 nitrogen and oxygen atoms in total. The number of rotatable bonds is 4. The van der Waals surface area contributed by atoms with Crippen molar-refractivity contribution in [2.24, 2.45) is 23.2 Å². The number of nitrogens with one attached hydrogen (secondary N) is 1. The van der Waals surface area contributed by atoms with E-state index in [2.05, 4.69) is 26.1 Å². The van der Waals surface area contributed by atoms with Gasteiger partial charge in [-0.2, -0.15) is 0 Å². The Labute approximate surface area is 221 Å². The van der Waals surface area contributed by atoms with E-state index in [0.29, 0.717) is 29.9 Å². The quantitative estimate of drug-likeness (QED) is 0.469. The van der Waals surface area contributed by atoms with E-state index in [4.69, 9.17) is 4.74 Å². The molecule has 1 aliphatic carbocycles. The van der Waals surface area contributed by atoms with Crippen molar-refractivity contribution in [2.75, 3.05) is 7.11 Å². The van der Waals surface area contributed by atoms with E-state index in [-0.39, 0.29) is 17.4 Å². The van der Waals surface area contributed by atoms with Crippen LogP contribution in [0.5, 0.6) is 0 Å². The molecule has 1 N–H and O–H groups in total. The molecule has 202 valence electrons. The summed E-state index contributed by atoms with van der Waals surface area (Å²) >= 11 is 0. The predicted molar refractivity (Wildman–Crippen MR) is 137 cm³/mol. The van der Waals surface area contributed by atoms with Gasteiger partial charge in [-0.25, -0.2) is 8.78 Å². The second-order valence-corrected chi connectivity index (χ2v) is 11.9. The van der Waals surface area contributed by atoms with Crippen LogP contribution in [0.3, 0.4) is 0 Å². The first-order valence-electron chi connectivity index (χ1n) is 13.2. The molecule has 0 bridgehead atoms. The maximum absolute atomic E-state index is 14.3. The third-order valence-corrected chi connectivity index (χ3v) is 8.93. The number of hydrogen-bond acceptors (Lipinski definition) is 5. The Balaban J connectivity index is 1.62. The van der Waals surface area contributed by atoms with Gasteiger partial charge in [0.2, 0.25) is 11.8 Å². The molecule has 3 fully saturated rings. The molecular weight excluding hydrogens is 490 g/mol. The molecular formula is C30H34F2N2O4. The van der Waals surface area contributed by atoms with Gasteiger partial charge in [0.05, 0.1) is 24.5 Å². The summed E-state index contributed by atoms with van der Waals surface area (Å²) in [6, 6.07) is 9.89. The molecule has 0 spiro atoms. The summed E-state index contributed by atoms with van der Waals surface area (Å²) in [5.41, 5.74) is -0.215. The predicted octanol–water partition coefficient (Wildman–Crippen LogP) is 4.56. The van der Waals surface area contributed by atoms with Gasteiger partial charge in [-0.1, -0.05) is 45.0 Å². The molecule has 8 heteroatoms. The van der Waals surface area contributed by atoms with E-state index in [1.807, 2.05) is 0 Å². The number of methoxy groups -OCH3 is 1. The molecule has 2 saturated heterocycles. The zero-order valence-corrected chi connectivity index (χ0v) is 22.2. The molecule has 3 aliphatic rings. The third kappa shape index (κ3) is 4.13. The van der Waals surface area contributed by atoms with Crippen LogP contribution in [0.4, 0.5) is 8.78 Å². The van der Waals surface area contributed by atoms with E-state index in [0.717, 1.165) is 12.8 Å².